The summed E-state index contributed by atoms with van der Waals surface area (Å²) in [5, 5.41) is 12.2. The van der Waals surface area contributed by atoms with Gasteiger partial charge in [0.25, 0.3) is 5.91 Å². The molecule has 4 nitrogen and oxygen atoms in total. The van der Waals surface area contributed by atoms with Gasteiger partial charge in [0.1, 0.15) is 22.9 Å². The quantitative estimate of drug-likeness (QED) is 0.750. The zero-order valence-electron chi connectivity index (χ0n) is 9.11. The second kappa shape index (κ2) is 3.73. The molecular formula is C13H8FNO3. The first-order chi connectivity index (χ1) is 8.65. The van der Waals surface area contributed by atoms with Gasteiger partial charge < -0.3 is 15.2 Å². The zero-order chi connectivity index (χ0) is 12.7. The fourth-order valence-corrected chi connectivity index (χ4v) is 1.82. The predicted molar refractivity (Wildman–Crippen MR) is 62.5 cm³/mol. The Labute approximate surface area is 102 Å². The van der Waals surface area contributed by atoms with E-state index < -0.39 is 11.7 Å². The van der Waals surface area contributed by atoms with Gasteiger partial charge in [0, 0.05) is 6.07 Å². The Bertz CT molecular complexity index is 655. The fourth-order valence-electron chi connectivity index (χ4n) is 1.82. The van der Waals surface area contributed by atoms with Crippen LogP contribution in [0.15, 0.2) is 36.4 Å². The van der Waals surface area contributed by atoms with Crippen molar-refractivity contribution in [2.75, 3.05) is 5.32 Å². The molecule has 0 fully saturated rings. The van der Waals surface area contributed by atoms with Crippen molar-refractivity contribution in [2.45, 2.75) is 0 Å². The molecule has 0 aliphatic carbocycles. The van der Waals surface area contributed by atoms with Gasteiger partial charge in [-0.2, -0.15) is 0 Å². The summed E-state index contributed by atoms with van der Waals surface area (Å²) >= 11 is 0. The highest BCUT2D eigenvalue weighted by Gasteiger charge is 2.23. The number of aromatic hydroxyl groups is 1. The molecule has 2 N–H and O–H groups in total. The van der Waals surface area contributed by atoms with Crippen LogP contribution in [0.5, 0.6) is 17.2 Å². The molecule has 0 aromatic heterocycles. The number of nitrogens with one attached hydrogen (secondary N) is 1. The van der Waals surface area contributed by atoms with Crippen molar-refractivity contribution in [3.8, 4) is 17.2 Å². The first-order valence-electron chi connectivity index (χ1n) is 5.26. The molecule has 90 valence electrons. The number of amides is 1. The number of carbonyl (C=O) groups excluding carboxylic acids is 1. The van der Waals surface area contributed by atoms with Gasteiger partial charge in [0.05, 0.1) is 5.69 Å². The van der Waals surface area contributed by atoms with Crippen LogP contribution in [0.1, 0.15) is 10.4 Å². The maximum Gasteiger partial charge on any atom is 0.263 e. The molecule has 0 bridgehead atoms. The van der Waals surface area contributed by atoms with Crippen LogP contribution in [0, 0.1) is 5.82 Å². The fraction of sp³-hybridized carbons (Fsp3) is 0. The number of hydrogen-bond donors (Lipinski definition) is 2. The van der Waals surface area contributed by atoms with Crippen LogP contribution < -0.4 is 10.1 Å². The van der Waals surface area contributed by atoms with E-state index in [1.165, 1.54) is 18.2 Å². The molecule has 0 unspecified atom stereocenters. The van der Waals surface area contributed by atoms with Gasteiger partial charge >= 0.3 is 0 Å². The number of anilines is 1. The second-order valence-electron chi connectivity index (χ2n) is 3.85. The number of benzene rings is 2. The van der Waals surface area contributed by atoms with Crippen LogP contribution in [0.4, 0.5) is 10.1 Å². The van der Waals surface area contributed by atoms with Crippen LogP contribution >= 0.6 is 0 Å². The Kier molecular flexibility index (Phi) is 2.19. The number of ether oxygens (including phenoxy) is 1. The van der Waals surface area contributed by atoms with Gasteiger partial charge in [0.15, 0.2) is 5.75 Å². The van der Waals surface area contributed by atoms with E-state index >= 15 is 0 Å². The third-order valence-electron chi connectivity index (χ3n) is 2.64. The van der Waals surface area contributed by atoms with E-state index in [1.54, 1.807) is 12.1 Å². The van der Waals surface area contributed by atoms with Crippen molar-refractivity contribution in [2.24, 2.45) is 0 Å². The van der Waals surface area contributed by atoms with Gasteiger partial charge in [-0.05, 0) is 24.3 Å². The Hall–Kier alpha value is -2.56. The first kappa shape index (κ1) is 10.6. The maximum absolute atomic E-state index is 13.1. The minimum Gasteiger partial charge on any atom is -0.507 e. The maximum atomic E-state index is 13.1. The largest absolute Gasteiger partial charge is 0.507 e. The van der Waals surface area contributed by atoms with E-state index in [2.05, 4.69) is 5.32 Å². The Balaban J connectivity index is 2.19. The number of carbonyl (C=O) groups is 1. The van der Waals surface area contributed by atoms with Crippen molar-refractivity contribution < 1.29 is 19.0 Å². The van der Waals surface area contributed by atoms with Crippen LogP contribution in [0.2, 0.25) is 0 Å². The minimum atomic E-state index is -0.535. The molecule has 0 saturated heterocycles. The SMILES string of the molecule is O=C1Nc2cc(F)ccc2Oc2cccc(O)c21. The number of hydrogen-bond acceptors (Lipinski definition) is 3. The number of phenols is 1. The predicted octanol–water partition coefficient (Wildman–Crippen LogP) is 2.89. The summed E-state index contributed by atoms with van der Waals surface area (Å²) in [6.45, 7) is 0. The van der Waals surface area contributed by atoms with E-state index in [4.69, 9.17) is 4.74 Å². The summed E-state index contributed by atoms with van der Waals surface area (Å²) in [4.78, 5) is 11.9. The molecule has 1 heterocycles. The average Bonchev–Trinajstić information content (AvgIpc) is 2.45. The molecule has 1 aliphatic rings. The van der Waals surface area contributed by atoms with Crippen molar-refractivity contribution in [3.05, 3.63) is 47.8 Å². The molecule has 0 spiro atoms. The lowest BCUT2D eigenvalue weighted by atomic mass is 10.1. The summed E-state index contributed by atoms with van der Waals surface area (Å²) < 4.78 is 18.6. The molecule has 0 radical (unpaired) electrons. The monoisotopic (exact) mass is 245 g/mol. The second-order valence-corrected chi connectivity index (χ2v) is 3.85. The Morgan fingerprint density at radius 2 is 2.00 bits per heavy atom. The van der Waals surface area contributed by atoms with Gasteiger partial charge in [-0.25, -0.2) is 4.39 Å². The van der Waals surface area contributed by atoms with Crippen LogP contribution in [0.25, 0.3) is 0 Å². The number of halogens is 1. The number of phenolic OH excluding ortho intramolecular Hbond substituents is 1. The Morgan fingerprint density at radius 1 is 1.17 bits per heavy atom. The van der Waals surface area contributed by atoms with Gasteiger partial charge in [-0.1, -0.05) is 6.07 Å². The normalized spacial score (nSPS) is 12.8. The van der Waals surface area contributed by atoms with E-state index in [1.807, 2.05) is 0 Å². The third-order valence-corrected chi connectivity index (χ3v) is 2.64. The molecule has 1 amide bonds. The molecule has 0 saturated carbocycles. The molecule has 18 heavy (non-hydrogen) atoms. The summed E-state index contributed by atoms with van der Waals surface area (Å²) in [7, 11) is 0. The van der Waals surface area contributed by atoms with E-state index in [9.17, 15) is 14.3 Å². The van der Waals surface area contributed by atoms with Crippen molar-refractivity contribution in [1.82, 2.24) is 0 Å². The van der Waals surface area contributed by atoms with Crippen LogP contribution in [0.3, 0.4) is 0 Å². The summed E-state index contributed by atoms with van der Waals surface area (Å²) in [5.74, 6) is -0.634. The van der Waals surface area contributed by atoms with E-state index in [-0.39, 0.29) is 22.7 Å². The average molecular weight is 245 g/mol. The zero-order valence-corrected chi connectivity index (χ0v) is 9.11. The lowest BCUT2D eigenvalue weighted by Gasteiger charge is -2.07. The van der Waals surface area contributed by atoms with Gasteiger partial charge in [-0.15, -0.1) is 0 Å². The van der Waals surface area contributed by atoms with E-state index in [0.29, 0.717) is 5.75 Å². The summed E-state index contributed by atoms with van der Waals surface area (Å²) in [6.07, 6.45) is 0. The minimum absolute atomic E-state index is 0.0362. The van der Waals surface area contributed by atoms with Crippen molar-refractivity contribution in [3.63, 3.8) is 0 Å². The van der Waals surface area contributed by atoms with Gasteiger partial charge in [0.2, 0.25) is 0 Å². The van der Waals surface area contributed by atoms with Crippen LogP contribution in [-0.2, 0) is 0 Å². The highest BCUT2D eigenvalue weighted by Crippen LogP contribution is 2.38. The molecule has 2 aromatic rings. The number of fused-ring (bicyclic) bond motifs is 2. The topological polar surface area (TPSA) is 58.6 Å². The summed E-state index contributed by atoms with van der Waals surface area (Å²) in [6, 6.07) is 8.33. The molecular weight excluding hydrogens is 237 g/mol. The lowest BCUT2D eigenvalue weighted by molar-refractivity contribution is 0.102. The van der Waals surface area contributed by atoms with E-state index in [0.717, 1.165) is 6.07 Å². The first-order valence-corrected chi connectivity index (χ1v) is 5.26. The molecule has 5 heteroatoms. The lowest BCUT2D eigenvalue weighted by Crippen LogP contribution is -2.10. The highest BCUT2D eigenvalue weighted by molar-refractivity contribution is 6.09. The standard InChI is InChI=1S/C13H8FNO3/c14-7-4-5-10-8(6-7)15-13(17)12-9(16)2-1-3-11(12)18-10/h1-6,16H,(H,15,17). The molecule has 0 atom stereocenters. The van der Waals surface area contributed by atoms with Gasteiger partial charge in [-0.3, -0.25) is 4.79 Å². The molecule has 2 aromatic carbocycles. The number of rotatable bonds is 0. The van der Waals surface area contributed by atoms with Crippen LogP contribution in [-0.4, -0.2) is 11.0 Å². The summed E-state index contributed by atoms with van der Waals surface area (Å²) in [5.41, 5.74) is 0.268. The highest BCUT2D eigenvalue weighted by atomic mass is 19.1. The third kappa shape index (κ3) is 1.57. The van der Waals surface area contributed by atoms with Crippen molar-refractivity contribution in [1.29, 1.82) is 0 Å². The smallest absolute Gasteiger partial charge is 0.263 e. The molecule has 3 rings (SSSR count). The molecule has 1 aliphatic heterocycles. The Morgan fingerprint density at radius 3 is 2.83 bits per heavy atom. The van der Waals surface area contributed by atoms with Crippen molar-refractivity contribution >= 4 is 11.6 Å².